The molecule has 138 valence electrons. The number of thiocarbonyl (C=S) groups is 1. The second-order valence-corrected chi connectivity index (χ2v) is 7.18. The second-order valence-electron chi connectivity index (χ2n) is 5.82. The van der Waals surface area contributed by atoms with Crippen LogP contribution in [0.3, 0.4) is 0 Å². The van der Waals surface area contributed by atoms with Crippen LogP contribution in [0.15, 0.2) is 72.1 Å². The molecule has 0 spiro atoms. The summed E-state index contributed by atoms with van der Waals surface area (Å²) < 4.78 is 5.90. The number of benzene rings is 2. The van der Waals surface area contributed by atoms with Gasteiger partial charge in [0, 0.05) is 0 Å². The van der Waals surface area contributed by atoms with Crippen molar-refractivity contribution in [2.24, 2.45) is 0 Å². The lowest BCUT2D eigenvalue weighted by Gasteiger charge is -2.14. The Morgan fingerprint density at radius 2 is 1.78 bits per heavy atom. The quantitative estimate of drug-likeness (QED) is 0.441. The molecule has 4 nitrogen and oxygen atoms in total. The number of thiophene rings is 1. The predicted octanol–water partition coefficient (Wildman–Crippen LogP) is 4.89. The summed E-state index contributed by atoms with van der Waals surface area (Å²) in [5.74, 6) is 0.488. The van der Waals surface area contributed by atoms with Crippen molar-refractivity contribution >= 4 is 40.3 Å². The van der Waals surface area contributed by atoms with E-state index in [0.717, 1.165) is 18.5 Å². The molecule has 1 aromatic heterocycles. The number of ether oxygens (including phenoxy) is 1. The number of amides is 1. The first-order valence-electron chi connectivity index (χ1n) is 8.64. The minimum Gasteiger partial charge on any atom is -0.491 e. The van der Waals surface area contributed by atoms with E-state index >= 15 is 0 Å². The molecule has 0 saturated carbocycles. The summed E-state index contributed by atoms with van der Waals surface area (Å²) in [6.45, 7) is 0.599. The molecule has 0 aliphatic carbocycles. The molecule has 27 heavy (non-hydrogen) atoms. The third-order valence-corrected chi connectivity index (χ3v) is 4.89. The monoisotopic (exact) mass is 396 g/mol. The van der Waals surface area contributed by atoms with Crippen LogP contribution >= 0.6 is 23.6 Å². The molecule has 0 unspecified atom stereocenters. The maximum atomic E-state index is 12.1. The smallest absolute Gasteiger partial charge is 0.267 e. The molecule has 1 amide bonds. The van der Waals surface area contributed by atoms with Crippen LogP contribution in [0.1, 0.15) is 21.7 Å². The number of hydrogen-bond donors (Lipinski definition) is 2. The van der Waals surface area contributed by atoms with E-state index in [9.17, 15) is 4.79 Å². The molecule has 0 bridgehead atoms. The van der Waals surface area contributed by atoms with Crippen molar-refractivity contribution in [2.45, 2.75) is 12.8 Å². The fourth-order valence-corrected chi connectivity index (χ4v) is 3.35. The van der Waals surface area contributed by atoms with Crippen LogP contribution in [0, 0.1) is 0 Å². The molecule has 2 N–H and O–H groups in total. The van der Waals surface area contributed by atoms with E-state index in [1.807, 2.05) is 53.9 Å². The van der Waals surface area contributed by atoms with Gasteiger partial charge in [0.25, 0.3) is 5.91 Å². The number of hydrogen-bond acceptors (Lipinski definition) is 4. The highest BCUT2D eigenvalue weighted by atomic mass is 32.1. The van der Waals surface area contributed by atoms with Gasteiger partial charge in [-0.3, -0.25) is 10.1 Å². The van der Waals surface area contributed by atoms with E-state index in [4.69, 9.17) is 17.0 Å². The largest absolute Gasteiger partial charge is 0.491 e. The summed E-state index contributed by atoms with van der Waals surface area (Å²) in [6.07, 6.45) is 1.88. The fourth-order valence-electron chi connectivity index (χ4n) is 2.52. The minimum atomic E-state index is -0.219. The van der Waals surface area contributed by atoms with Crippen LogP contribution in [-0.2, 0) is 6.42 Å². The van der Waals surface area contributed by atoms with Gasteiger partial charge in [-0.15, -0.1) is 11.3 Å². The number of carbonyl (C=O) groups excluding carboxylic acids is 1. The number of rotatable bonds is 7. The van der Waals surface area contributed by atoms with Gasteiger partial charge in [0.15, 0.2) is 5.11 Å². The van der Waals surface area contributed by atoms with Crippen LogP contribution in [-0.4, -0.2) is 17.6 Å². The van der Waals surface area contributed by atoms with Gasteiger partial charge in [-0.25, -0.2) is 0 Å². The van der Waals surface area contributed by atoms with Gasteiger partial charge in [-0.05, 0) is 54.2 Å². The molecule has 3 rings (SSSR count). The summed E-state index contributed by atoms with van der Waals surface area (Å²) in [5, 5.41) is 7.82. The van der Waals surface area contributed by atoms with Gasteiger partial charge in [-0.1, -0.05) is 48.5 Å². The third-order valence-electron chi connectivity index (χ3n) is 3.82. The lowest BCUT2D eigenvalue weighted by Crippen LogP contribution is -2.33. The number of carbonyl (C=O) groups is 1. The summed E-state index contributed by atoms with van der Waals surface area (Å²) in [6, 6.07) is 21.5. The van der Waals surface area contributed by atoms with Crippen molar-refractivity contribution in [2.75, 3.05) is 11.9 Å². The Bertz CT molecular complexity index is 880. The maximum Gasteiger partial charge on any atom is 0.267 e. The van der Waals surface area contributed by atoms with E-state index < -0.39 is 0 Å². The fraction of sp³-hybridized carbons (Fsp3) is 0.143. The summed E-state index contributed by atoms with van der Waals surface area (Å²) >= 11 is 6.62. The Morgan fingerprint density at radius 3 is 2.56 bits per heavy atom. The summed E-state index contributed by atoms with van der Waals surface area (Å²) in [7, 11) is 0. The van der Waals surface area contributed by atoms with Crippen LogP contribution in [0.2, 0.25) is 0 Å². The molecule has 2 aromatic carbocycles. The molecular weight excluding hydrogens is 376 g/mol. The average Bonchev–Trinajstić information content (AvgIpc) is 3.22. The Morgan fingerprint density at radius 1 is 1.00 bits per heavy atom. The van der Waals surface area contributed by atoms with Gasteiger partial charge >= 0.3 is 0 Å². The van der Waals surface area contributed by atoms with Gasteiger partial charge in [0.05, 0.1) is 17.2 Å². The van der Waals surface area contributed by atoms with Crippen molar-refractivity contribution in [3.8, 4) is 5.75 Å². The van der Waals surface area contributed by atoms with Gasteiger partial charge < -0.3 is 10.1 Å². The highest BCUT2D eigenvalue weighted by molar-refractivity contribution is 7.80. The van der Waals surface area contributed by atoms with Crippen molar-refractivity contribution in [1.82, 2.24) is 5.32 Å². The number of aryl methyl sites for hydroxylation is 1. The molecule has 0 aliphatic rings. The molecule has 6 heteroatoms. The van der Waals surface area contributed by atoms with Crippen LogP contribution in [0.4, 0.5) is 5.69 Å². The number of para-hydroxylation sites is 2. The maximum absolute atomic E-state index is 12.1. The van der Waals surface area contributed by atoms with Gasteiger partial charge in [0.1, 0.15) is 5.75 Å². The van der Waals surface area contributed by atoms with E-state index in [2.05, 4.69) is 22.8 Å². The van der Waals surface area contributed by atoms with Crippen molar-refractivity contribution < 1.29 is 9.53 Å². The van der Waals surface area contributed by atoms with Crippen molar-refractivity contribution in [3.05, 3.63) is 82.6 Å². The van der Waals surface area contributed by atoms with Crippen LogP contribution in [0.5, 0.6) is 5.75 Å². The number of anilines is 1. The zero-order valence-corrected chi connectivity index (χ0v) is 16.3. The second kappa shape index (κ2) is 9.85. The molecule has 3 aromatic rings. The molecule has 0 atom stereocenters. The van der Waals surface area contributed by atoms with E-state index in [1.54, 1.807) is 6.07 Å². The average molecular weight is 397 g/mol. The zero-order chi connectivity index (χ0) is 18.9. The van der Waals surface area contributed by atoms with Crippen molar-refractivity contribution in [1.29, 1.82) is 0 Å². The third kappa shape index (κ3) is 5.91. The number of nitrogens with one attached hydrogen (secondary N) is 2. The molecular formula is C21H20N2O2S2. The molecule has 0 fully saturated rings. The predicted molar refractivity (Wildman–Crippen MR) is 115 cm³/mol. The first-order chi connectivity index (χ1) is 13.2. The normalized spacial score (nSPS) is 10.2. The zero-order valence-electron chi connectivity index (χ0n) is 14.7. The van der Waals surface area contributed by atoms with E-state index in [-0.39, 0.29) is 11.0 Å². The standard InChI is InChI=1S/C21H20N2O2S2/c24-20(19-13-7-15-27-19)23-21(26)22-17-11-4-5-12-18(17)25-14-6-10-16-8-2-1-3-9-16/h1-5,7-9,11-13,15H,6,10,14H2,(H2,22,23,24,26). The van der Waals surface area contributed by atoms with Crippen LogP contribution < -0.4 is 15.4 Å². The van der Waals surface area contributed by atoms with Gasteiger partial charge in [0.2, 0.25) is 0 Å². The highest BCUT2D eigenvalue weighted by Crippen LogP contribution is 2.24. The minimum absolute atomic E-state index is 0.219. The lowest BCUT2D eigenvalue weighted by atomic mass is 10.1. The summed E-state index contributed by atoms with van der Waals surface area (Å²) in [4.78, 5) is 12.7. The Labute approximate surface area is 168 Å². The molecule has 0 saturated heterocycles. The Kier molecular flexibility index (Phi) is 6.96. The van der Waals surface area contributed by atoms with E-state index in [1.165, 1.54) is 16.9 Å². The Balaban J connectivity index is 1.51. The molecule has 1 heterocycles. The molecule has 0 radical (unpaired) electrons. The van der Waals surface area contributed by atoms with Gasteiger partial charge in [-0.2, -0.15) is 0 Å². The Hall–Kier alpha value is -2.70. The van der Waals surface area contributed by atoms with E-state index in [0.29, 0.717) is 17.2 Å². The first-order valence-corrected chi connectivity index (χ1v) is 9.93. The SMILES string of the molecule is O=C(NC(=S)Nc1ccccc1OCCCc1ccccc1)c1cccs1. The van der Waals surface area contributed by atoms with Crippen molar-refractivity contribution in [3.63, 3.8) is 0 Å². The molecule has 0 aliphatic heterocycles. The topological polar surface area (TPSA) is 50.4 Å². The summed E-state index contributed by atoms with van der Waals surface area (Å²) in [5.41, 5.74) is 2.03. The van der Waals surface area contributed by atoms with Crippen LogP contribution in [0.25, 0.3) is 0 Å². The first kappa shape index (κ1) is 19.1. The lowest BCUT2D eigenvalue weighted by molar-refractivity contribution is 0.0981. The highest BCUT2D eigenvalue weighted by Gasteiger charge is 2.10.